The summed E-state index contributed by atoms with van der Waals surface area (Å²) in [4.78, 5) is 19.3. The Morgan fingerprint density at radius 2 is 2.21 bits per heavy atom. The molecule has 108 valence electrons. The fraction of sp³-hybridized carbons (Fsp3) is 0.714. The summed E-state index contributed by atoms with van der Waals surface area (Å²) in [5.74, 6) is 1.04. The maximum absolute atomic E-state index is 12.2. The highest BCUT2D eigenvalue weighted by Gasteiger charge is 2.17. The Morgan fingerprint density at radius 1 is 1.53 bits per heavy atom. The summed E-state index contributed by atoms with van der Waals surface area (Å²) in [6, 6.07) is 0. The van der Waals surface area contributed by atoms with Gasteiger partial charge in [-0.15, -0.1) is 11.3 Å². The molecule has 0 aliphatic heterocycles. The van der Waals surface area contributed by atoms with Gasteiger partial charge in [0.2, 0.25) is 5.91 Å². The Balaban J connectivity index is 2.47. The summed E-state index contributed by atoms with van der Waals surface area (Å²) < 4.78 is 0. The number of nitrogens with two attached hydrogens (primary N) is 1. The SMILES string of the molecule is Cc1ncc(CN(C)C(=O)CC(CN)CC(C)C)s1. The number of amides is 1. The first-order valence-electron chi connectivity index (χ1n) is 6.77. The van der Waals surface area contributed by atoms with Crippen molar-refractivity contribution >= 4 is 17.2 Å². The number of rotatable bonds is 7. The molecule has 4 nitrogen and oxygen atoms in total. The predicted octanol–water partition coefficient (Wildman–Crippen LogP) is 2.42. The lowest BCUT2D eigenvalue weighted by Gasteiger charge is -2.21. The van der Waals surface area contributed by atoms with Gasteiger partial charge in [0.05, 0.1) is 11.6 Å². The highest BCUT2D eigenvalue weighted by molar-refractivity contribution is 7.11. The van der Waals surface area contributed by atoms with Crippen LogP contribution in [-0.2, 0) is 11.3 Å². The van der Waals surface area contributed by atoms with Crippen LogP contribution >= 0.6 is 11.3 Å². The first-order valence-corrected chi connectivity index (χ1v) is 7.59. The molecule has 1 rings (SSSR count). The first kappa shape index (κ1) is 16.1. The summed E-state index contributed by atoms with van der Waals surface area (Å²) in [7, 11) is 1.85. The van der Waals surface area contributed by atoms with E-state index >= 15 is 0 Å². The smallest absolute Gasteiger partial charge is 0.222 e. The van der Waals surface area contributed by atoms with Gasteiger partial charge >= 0.3 is 0 Å². The second-order valence-electron chi connectivity index (χ2n) is 5.53. The fourth-order valence-corrected chi connectivity index (χ4v) is 2.98. The third-order valence-electron chi connectivity index (χ3n) is 3.09. The second kappa shape index (κ2) is 7.60. The molecule has 0 aliphatic rings. The molecular weight excluding hydrogens is 258 g/mol. The number of aromatic nitrogens is 1. The van der Waals surface area contributed by atoms with Gasteiger partial charge in [0.15, 0.2) is 0 Å². The quantitative estimate of drug-likeness (QED) is 0.836. The number of carbonyl (C=O) groups is 1. The van der Waals surface area contributed by atoms with E-state index in [1.165, 1.54) is 0 Å². The lowest BCUT2D eigenvalue weighted by molar-refractivity contribution is -0.131. The molecule has 2 N–H and O–H groups in total. The summed E-state index contributed by atoms with van der Waals surface area (Å²) >= 11 is 1.64. The van der Waals surface area contributed by atoms with Crippen LogP contribution in [0.1, 0.15) is 36.6 Å². The molecular formula is C14H25N3OS. The predicted molar refractivity (Wildman–Crippen MR) is 79.9 cm³/mol. The maximum atomic E-state index is 12.2. The van der Waals surface area contributed by atoms with Crippen molar-refractivity contribution in [3.05, 3.63) is 16.1 Å². The van der Waals surface area contributed by atoms with Crippen LogP contribution in [-0.4, -0.2) is 29.4 Å². The molecule has 1 aromatic heterocycles. The van der Waals surface area contributed by atoms with Gasteiger partial charge in [0, 0.05) is 24.5 Å². The number of nitrogens with zero attached hydrogens (tertiary/aromatic N) is 2. The minimum atomic E-state index is 0.169. The molecule has 0 saturated carbocycles. The molecule has 19 heavy (non-hydrogen) atoms. The first-order chi connectivity index (χ1) is 8.92. The highest BCUT2D eigenvalue weighted by atomic mass is 32.1. The number of hydrogen-bond acceptors (Lipinski definition) is 4. The minimum Gasteiger partial charge on any atom is -0.341 e. The van der Waals surface area contributed by atoms with Gasteiger partial charge in [0.25, 0.3) is 0 Å². The van der Waals surface area contributed by atoms with E-state index in [2.05, 4.69) is 18.8 Å². The van der Waals surface area contributed by atoms with E-state index in [-0.39, 0.29) is 11.8 Å². The third-order valence-corrected chi connectivity index (χ3v) is 3.99. The van der Waals surface area contributed by atoms with Crippen LogP contribution in [0.3, 0.4) is 0 Å². The summed E-state index contributed by atoms with van der Waals surface area (Å²) in [5, 5.41) is 1.04. The number of aryl methyl sites for hydroxylation is 1. The van der Waals surface area contributed by atoms with Gasteiger partial charge in [-0.1, -0.05) is 13.8 Å². The van der Waals surface area contributed by atoms with Crippen LogP contribution in [0.4, 0.5) is 0 Å². The Kier molecular flexibility index (Phi) is 6.45. The molecule has 0 spiro atoms. The zero-order valence-corrected chi connectivity index (χ0v) is 13.2. The van der Waals surface area contributed by atoms with Crippen molar-refractivity contribution in [1.29, 1.82) is 0 Å². The molecule has 1 aromatic rings. The molecule has 0 aliphatic carbocycles. The van der Waals surface area contributed by atoms with E-state index in [0.29, 0.717) is 25.4 Å². The van der Waals surface area contributed by atoms with Crippen LogP contribution in [0.2, 0.25) is 0 Å². The second-order valence-corrected chi connectivity index (χ2v) is 6.85. The summed E-state index contributed by atoms with van der Waals surface area (Å²) in [6.45, 7) is 7.53. The Morgan fingerprint density at radius 3 is 2.68 bits per heavy atom. The van der Waals surface area contributed by atoms with E-state index in [9.17, 15) is 4.79 Å². The zero-order valence-electron chi connectivity index (χ0n) is 12.3. The molecule has 0 aromatic carbocycles. The van der Waals surface area contributed by atoms with E-state index in [0.717, 1.165) is 16.3 Å². The van der Waals surface area contributed by atoms with Crippen LogP contribution < -0.4 is 5.73 Å². The average molecular weight is 283 g/mol. The van der Waals surface area contributed by atoms with Crippen molar-refractivity contribution in [2.24, 2.45) is 17.6 Å². The van der Waals surface area contributed by atoms with Gasteiger partial charge < -0.3 is 10.6 Å². The molecule has 1 atom stereocenters. The molecule has 0 bridgehead atoms. The van der Waals surface area contributed by atoms with Crippen molar-refractivity contribution in [1.82, 2.24) is 9.88 Å². The van der Waals surface area contributed by atoms with E-state index < -0.39 is 0 Å². The number of thiazole rings is 1. The van der Waals surface area contributed by atoms with E-state index in [1.54, 1.807) is 16.2 Å². The molecule has 1 unspecified atom stereocenters. The topological polar surface area (TPSA) is 59.2 Å². The minimum absolute atomic E-state index is 0.169. The molecule has 0 saturated heterocycles. The number of carbonyl (C=O) groups excluding carboxylic acids is 1. The van der Waals surface area contributed by atoms with Gasteiger partial charge in [-0.3, -0.25) is 4.79 Å². The van der Waals surface area contributed by atoms with Crippen LogP contribution in [0.25, 0.3) is 0 Å². The standard InChI is InChI=1S/C14H25N3OS/c1-10(2)5-12(7-15)6-14(18)17(4)9-13-8-16-11(3)19-13/h8,10,12H,5-7,9,15H2,1-4H3. The van der Waals surface area contributed by atoms with Gasteiger partial charge in [-0.25, -0.2) is 4.98 Å². The average Bonchev–Trinajstić information content (AvgIpc) is 2.73. The van der Waals surface area contributed by atoms with E-state index in [4.69, 9.17) is 5.73 Å². The van der Waals surface area contributed by atoms with Crippen LogP contribution in [0.5, 0.6) is 0 Å². The van der Waals surface area contributed by atoms with Crippen molar-refractivity contribution < 1.29 is 4.79 Å². The van der Waals surface area contributed by atoms with Crippen LogP contribution in [0.15, 0.2) is 6.20 Å². The van der Waals surface area contributed by atoms with Crippen molar-refractivity contribution in [3.8, 4) is 0 Å². The maximum Gasteiger partial charge on any atom is 0.222 e. The normalized spacial score (nSPS) is 12.7. The lowest BCUT2D eigenvalue weighted by Crippen LogP contribution is -2.30. The largest absolute Gasteiger partial charge is 0.341 e. The zero-order chi connectivity index (χ0) is 14.4. The Labute approximate surface area is 120 Å². The lowest BCUT2D eigenvalue weighted by atomic mass is 9.94. The third kappa shape index (κ3) is 5.70. The van der Waals surface area contributed by atoms with Crippen molar-refractivity contribution in [2.45, 2.75) is 40.2 Å². The van der Waals surface area contributed by atoms with Crippen LogP contribution in [0, 0.1) is 18.8 Å². The molecule has 5 heteroatoms. The van der Waals surface area contributed by atoms with E-state index in [1.807, 2.05) is 20.2 Å². The molecule has 1 heterocycles. The van der Waals surface area contributed by atoms with Gasteiger partial charge in [-0.05, 0) is 31.7 Å². The van der Waals surface area contributed by atoms with Gasteiger partial charge in [0.1, 0.15) is 0 Å². The number of hydrogen-bond donors (Lipinski definition) is 1. The van der Waals surface area contributed by atoms with Crippen molar-refractivity contribution in [3.63, 3.8) is 0 Å². The van der Waals surface area contributed by atoms with Crippen molar-refractivity contribution in [2.75, 3.05) is 13.6 Å². The Bertz CT molecular complexity index is 403. The van der Waals surface area contributed by atoms with Gasteiger partial charge in [-0.2, -0.15) is 0 Å². The fourth-order valence-electron chi connectivity index (χ4n) is 2.13. The highest BCUT2D eigenvalue weighted by Crippen LogP contribution is 2.17. The Hall–Kier alpha value is -0.940. The molecule has 0 fully saturated rings. The molecule has 0 radical (unpaired) electrons. The summed E-state index contributed by atoms with van der Waals surface area (Å²) in [6.07, 6.45) is 3.40. The summed E-state index contributed by atoms with van der Waals surface area (Å²) in [5.41, 5.74) is 5.75. The molecule has 1 amide bonds. The monoisotopic (exact) mass is 283 g/mol.